The van der Waals surface area contributed by atoms with Crippen LogP contribution in [0.2, 0.25) is 5.02 Å². The summed E-state index contributed by atoms with van der Waals surface area (Å²) in [7, 11) is -3.89. The molecule has 1 aliphatic heterocycles. The number of ether oxygens (including phenoxy) is 2. The first-order valence-corrected chi connectivity index (χ1v) is 13.1. The van der Waals surface area contributed by atoms with E-state index in [-0.39, 0.29) is 40.8 Å². The van der Waals surface area contributed by atoms with Gasteiger partial charge in [0.05, 0.1) is 11.1 Å². The molecule has 1 saturated heterocycles. The molecule has 2 aliphatic rings. The van der Waals surface area contributed by atoms with E-state index in [1.54, 1.807) is 12.3 Å². The van der Waals surface area contributed by atoms with Crippen molar-refractivity contribution in [3.05, 3.63) is 52.7 Å². The van der Waals surface area contributed by atoms with Crippen LogP contribution in [-0.2, 0) is 21.3 Å². The standard InChI is InChI=1S/C23H28ClN3O5S/c24-20-8-7-17(13-21(20)33(29,30)27-15-19-6-3-11-31-19)23(28)26-14-16-9-10-25-22(12-16)32-18-4-1-2-5-18/h7-10,12-13,18-19,27H,1-6,11,14-15H2,(H,26,28). The second-order valence-corrected chi connectivity index (χ2v) is 10.5. The number of rotatable bonds is 9. The predicted octanol–water partition coefficient (Wildman–Crippen LogP) is 3.44. The van der Waals surface area contributed by atoms with Gasteiger partial charge in [0.25, 0.3) is 5.91 Å². The van der Waals surface area contributed by atoms with Crippen molar-refractivity contribution in [3.63, 3.8) is 0 Å². The lowest BCUT2D eigenvalue weighted by molar-refractivity contribution is 0.0950. The highest BCUT2D eigenvalue weighted by Crippen LogP contribution is 2.24. The lowest BCUT2D eigenvalue weighted by atomic mass is 10.2. The van der Waals surface area contributed by atoms with Crippen molar-refractivity contribution < 1.29 is 22.7 Å². The minimum absolute atomic E-state index is 0.0502. The van der Waals surface area contributed by atoms with Crippen LogP contribution in [0.3, 0.4) is 0 Å². The van der Waals surface area contributed by atoms with Crippen LogP contribution in [0.4, 0.5) is 0 Å². The summed E-state index contributed by atoms with van der Waals surface area (Å²) in [5.74, 6) is 0.142. The Bertz CT molecular complexity index is 1080. The van der Waals surface area contributed by atoms with E-state index in [0.29, 0.717) is 12.5 Å². The minimum atomic E-state index is -3.89. The zero-order valence-electron chi connectivity index (χ0n) is 18.3. The molecule has 1 atom stereocenters. The summed E-state index contributed by atoms with van der Waals surface area (Å²) in [6, 6.07) is 7.81. The maximum atomic E-state index is 12.7. The van der Waals surface area contributed by atoms with E-state index in [0.717, 1.165) is 31.2 Å². The van der Waals surface area contributed by atoms with Crippen LogP contribution in [0.1, 0.15) is 54.4 Å². The maximum absolute atomic E-state index is 12.7. The molecular formula is C23H28ClN3O5S. The van der Waals surface area contributed by atoms with Crippen LogP contribution in [0.15, 0.2) is 41.4 Å². The van der Waals surface area contributed by atoms with Crippen LogP contribution in [0, 0.1) is 0 Å². The minimum Gasteiger partial charge on any atom is -0.474 e. The number of carbonyl (C=O) groups is 1. The smallest absolute Gasteiger partial charge is 0.251 e. The third-order valence-electron chi connectivity index (χ3n) is 5.85. The molecule has 2 aromatic rings. The van der Waals surface area contributed by atoms with Crippen molar-refractivity contribution in [1.82, 2.24) is 15.0 Å². The van der Waals surface area contributed by atoms with Gasteiger partial charge >= 0.3 is 0 Å². The van der Waals surface area contributed by atoms with Gasteiger partial charge in [-0.15, -0.1) is 0 Å². The van der Waals surface area contributed by atoms with E-state index < -0.39 is 15.9 Å². The Hall–Kier alpha value is -2.20. The van der Waals surface area contributed by atoms with Crippen LogP contribution in [0.5, 0.6) is 5.88 Å². The number of aromatic nitrogens is 1. The molecule has 1 aromatic heterocycles. The number of carbonyl (C=O) groups excluding carboxylic acids is 1. The fourth-order valence-corrected chi connectivity index (χ4v) is 5.61. The largest absolute Gasteiger partial charge is 0.474 e. The number of hydrogen-bond acceptors (Lipinski definition) is 6. The number of halogens is 1. The van der Waals surface area contributed by atoms with Crippen LogP contribution >= 0.6 is 11.6 Å². The van der Waals surface area contributed by atoms with Crippen molar-refractivity contribution in [1.29, 1.82) is 0 Å². The van der Waals surface area contributed by atoms with Gasteiger partial charge in [-0.05, 0) is 68.4 Å². The third-order valence-corrected chi connectivity index (χ3v) is 7.76. The second kappa shape index (κ2) is 10.8. The fraction of sp³-hybridized carbons (Fsp3) is 0.478. The topological polar surface area (TPSA) is 107 Å². The van der Waals surface area contributed by atoms with Gasteiger partial charge in [-0.25, -0.2) is 18.1 Å². The van der Waals surface area contributed by atoms with Crippen LogP contribution < -0.4 is 14.8 Å². The quantitative estimate of drug-likeness (QED) is 0.554. The fourth-order valence-electron chi connectivity index (χ4n) is 4.02. The maximum Gasteiger partial charge on any atom is 0.251 e. The van der Waals surface area contributed by atoms with E-state index >= 15 is 0 Å². The summed E-state index contributed by atoms with van der Waals surface area (Å²) < 4.78 is 39.4. The molecule has 2 heterocycles. The zero-order valence-corrected chi connectivity index (χ0v) is 19.8. The lowest BCUT2D eigenvalue weighted by Crippen LogP contribution is -2.32. The first-order chi connectivity index (χ1) is 15.9. The van der Waals surface area contributed by atoms with E-state index in [4.69, 9.17) is 21.1 Å². The molecule has 1 amide bonds. The number of nitrogens with one attached hydrogen (secondary N) is 2. The highest BCUT2D eigenvalue weighted by atomic mass is 35.5. The van der Waals surface area contributed by atoms with Gasteiger partial charge in [0.15, 0.2) is 0 Å². The van der Waals surface area contributed by atoms with Crippen molar-refractivity contribution in [3.8, 4) is 5.88 Å². The van der Waals surface area contributed by atoms with Gasteiger partial charge in [0.1, 0.15) is 11.0 Å². The number of pyridine rings is 1. The summed E-state index contributed by atoms with van der Waals surface area (Å²) in [5.41, 5.74) is 1.04. The SMILES string of the molecule is O=C(NCc1ccnc(OC2CCCC2)c1)c1ccc(Cl)c(S(=O)(=O)NCC2CCCO2)c1. The number of hydrogen-bond donors (Lipinski definition) is 2. The van der Waals surface area contributed by atoms with Crippen molar-refractivity contribution >= 4 is 27.5 Å². The molecule has 1 unspecified atom stereocenters. The molecule has 4 rings (SSSR count). The molecule has 8 nitrogen and oxygen atoms in total. The molecule has 2 N–H and O–H groups in total. The number of benzene rings is 1. The van der Waals surface area contributed by atoms with Gasteiger partial charge in [-0.3, -0.25) is 4.79 Å². The molecule has 33 heavy (non-hydrogen) atoms. The van der Waals surface area contributed by atoms with Crippen LogP contribution in [-0.4, -0.2) is 44.7 Å². The summed E-state index contributed by atoms with van der Waals surface area (Å²) in [5, 5.41) is 2.86. The predicted molar refractivity (Wildman–Crippen MR) is 124 cm³/mol. The zero-order chi connectivity index (χ0) is 23.3. The third kappa shape index (κ3) is 6.44. The molecule has 0 spiro atoms. The molecule has 10 heteroatoms. The molecule has 2 fully saturated rings. The number of nitrogens with zero attached hydrogens (tertiary/aromatic N) is 1. The molecule has 0 radical (unpaired) electrons. The van der Waals surface area contributed by atoms with E-state index in [9.17, 15) is 13.2 Å². The first kappa shape index (κ1) is 23.9. The number of sulfonamides is 1. The Labute approximate surface area is 199 Å². The van der Waals surface area contributed by atoms with Gasteiger partial charge in [0.2, 0.25) is 15.9 Å². The number of amides is 1. The van der Waals surface area contributed by atoms with Crippen molar-refractivity contribution in [2.45, 2.75) is 62.2 Å². The normalized spacial score (nSPS) is 19.0. The van der Waals surface area contributed by atoms with Gasteiger partial charge in [-0.1, -0.05) is 11.6 Å². The highest BCUT2D eigenvalue weighted by molar-refractivity contribution is 7.89. The van der Waals surface area contributed by atoms with E-state index in [2.05, 4.69) is 15.0 Å². The van der Waals surface area contributed by atoms with Crippen LogP contribution in [0.25, 0.3) is 0 Å². The molecular weight excluding hydrogens is 466 g/mol. The average Bonchev–Trinajstić information content (AvgIpc) is 3.51. The molecule has 1 aromatic carbocycles. The van der Waals surface area contributed by atoms with E-state index in [1.165, 1.54) is 31.0 Å². The Morgan fingerprint density at radius 3 is 2.73 bits per heavy atom. The van der Waals surface area contributed by atoms with E-state index in [1.807, 2.05) is 6.07 Å². The van der Waals surface area contributed by atoms with Crippen molar-refractivity contribution in [2.24, 2.45) is 0 Å². The molecule has 1 aliphatic carbocycles. The summed E-state index contributed by atoms with van der Waals surface area (Å²) >= 11 is 6.14. The Kier molecular flexibility index (Phi) is 7.85. The summed E-state index contributed by atoms with van der Waals surface area (Å²) in [4.78, 5) is 16.8. The average molecular weight is 494 g/mol. The van der Waals surface area contributed by atoms with Gasteiger partial charge < -0.3 is 14.8 Å². The van der Waals surface area contributed by atoms with Crippen molar-refractivity contribution in [2.75, 3.05) is 13.2 Å². The monoisotopic (exact) mass is 493 g/mol. The van der Waals surface area contributed by atoms with Gasteiger partial charge in [-0.2, -0.15) is 0 Å². The lowest BCUT2D eigenvalue weighted by Gasteiger charge is -2.14. The summed E-state index contributed by atoms with van der Waals surface area (Å²) in [6.07, 6.45) is 7.83. The highest BCUT2D eigenvalue weighted by Gasteiger charge is 2.23. The molecule has 0 bridgehead atoms. The molecule has 1 saturated carbocycles. The first-order valence-electron chi connectivity index (χ1n) is 11.2. The Morgan fingerprint density at radius 1 is 1.15 bits per heavy atom. The summed E-state index contributed by atoms with van der Waals surface area (Å²) in [6.45, 7) is 1.06. The van der Waals surface area contributed by atoms with Gasteiger partial charge in [0, 0.05) is 37.5 Å². The second-order valence-electron chi connectivity index (χ2n) is 8.34. The Morgan fingerprint density at radius 2 is 1.97 bits per heavy atom. The molecule has 178 valence electrons. The Balaban J connectivity index is 1.38.